The summed E-state index contributed by atoms with van der Waals surface area (Å²) in [4.78, 5) is 13.1. The Kier molecular flexibility index (Phi) is 4.37. The molecule has 0 radical (unpaired) electrons. The van der Waals surface area contributed by atoms with Crippen molar-refractivity contribution < 1.29 is 4.92 Å². The molecule has 0 aliphatic heterocycles. The lowest BCUT2D eigenvalue weighted by Gasteiger charge is -2.18. The SMILES string of the molecule is CCCNc1c(CN(C)C2CC2)cccc1[N+](=O)[O-]. The van der Waals surface area contributed by atoms with Crippen LogP contribution in [0, 0.1) is 10.1 Å². The van der Waals surface area contributed by atoms with Gasteiger partial charge in [0.1, 0.15) is 5.69 Å². The van der Waals surface area contributed by atoms with E-state index in [0.29, 0.717) is 11.7 Å². The number of rotatable bonds is 7. The van der Waals surface area contributed by atoms with E-state index in [4.69, 9.17) is 0 Å². The minimum absolute atomic E-state index is 0.176. The van der Waals surface area contributed by atoms with Crippen LogP contribution in [0.15, 0.2) is 18.2 Å². The molecule has 1 aliphatic rings. The van der Waals surface area contributed by atoms with Gasteiger partial charge in [-0.25, -0.2) is 0 Å². The lowest BCUT2D eigenvalue weighted by atomic mass is 10.1. The Bertz CT molecular complexity index is 458. The highest BCUT2D eigenvalue weighted by molar-refractivity contribution is 5.66. The van der Waals surface area contributed by atoms with Gasteiger partial charge in [0.05, 0.1) is 4.92 Å². The fourth-order valence-corrected chi connectivity index (χ4v) is 2.24. The highest BCUT2D eigenvalue weighted by atomic mass is 16.6. The average molecular weight is 263 g/mol. The zero-order valence-electron chi connectivity index (χ0n) is 11.6. The Morgan fingerprint density at radius 2 is 2.21 bits per heavy atom. The standard InChI is InChI=1S/C14H21N3O2/c1-3-9-15-14-11(10-16(2)12-7-8-12)5-4-6-13(14)17(18)19/h4-6,12,15H,3,7-10H2,1-2H3. The van der Waals surface area contributed by atoms with Crippen molar-refractivity contribution in [3.8, 4) is 0 Å². The van der Waals surface area contributed by atoms with Gasteiger partial charge in [-0.05, 0) is 31.9 Å². The van der Waals surface area contributed by atoms with E-state index in [-0.39, 0.29) is 10.6 Å². The molecule has 0 atom stereocenters. The molecule has 5 nitrogen and oxygen atoms in total. The lowest BCUT2D eigenvalue weighted by Crippen LogP contribution is -2.21. The van der Waals surface area contributed by atoms with E-state index < -0.39 is 0 Å². The van der Waals surface area contributed by atoms with Gasteiger partial charge in [-0.3, -0.25) is 15.0 Å². The zero-order valence-corrected chi connectivity index (χ0v) is 11.6. The maximum absolute atomic E-state index is 11.1. The summed E-state index contributed by atoms with van der Waals surface area (Å²) >= 11 is 0. The minimum Gasteiger partial charge on any atom is -0.379 e. The molecule has 104 valence electrons. The predicted molar refractivity (Wildman–Crippen MR) is 76.4 cm³/mol. The summed E-state index contributed by atoms with van der Waals surface area (Å²) in [5.74, 6) is 0. The summed E-state index contributed by atoms with van der Waals surface area (Å²) in [5, 5.41) is 14.3. The second-order valence-corrected chi connectivity index (χ2v) is 5.14. The van der Waals surface area contributed by atoms with E-state index in [0.717, 1.165) is 25.1 Å². The molecule has 0 amide bonds. The van der Waals surface area contributed by atoms with E-state index in [9.17, 15) is 10.1 Å². The molecule has 0 unspecified atom stereocenters. The molecule has 0 bridgehead atoms. The van der Waals surface area contributed by atoms with Gasteiger partial charge < -0.3 is 5.32 Å². The highest BCUT2D eigenvalue weighted by Crippen LogP contribution is 2.32. The first-order valence-corrected chi connectivity index (χ1v) is 6.84. The van der Waals surface area contributed by atoms with E-state index in [1.165, 1.54) is 12.8 Å². The Labute approximate surface area is 113 Å². The molecule has 0 aromatic heterocycles. The van der Waals surface area contributed by atoms with Gasteiger partial charge in [-0.1, -0.05) is 19.1 Å². The first-order valence-electron chi connectivity index (χ1n) is 6.84. The Balaban J connectivity index is 2.23. The third-order valence-corrected chi connectivity index (χ3v) is 3.47. The molecule has 2 rings (SSSR count). The zero-order chi connectivity index (χ0) is 13.8. The fourth-order valence-electron chi connectivity index (χ4n) is 2.24. The van der Waals surface area contributed by atoms with Crippen molar-refractivity contribution in [2.24, 2.45) is 0 Å². The number of para-hydroxylation sites is 1. The molecule has 19 heavy (non-hydrogen) atoms. The molecule has 1 aromatic carbocycles. The molecule has 0 heterocycles. The molecule has 1 fully saturated rings. The van der Waals surface area contributed by atoms with Crippen LogP contribution in [0.5, 0.6) is 0 Å². The van der Waals surface area contributed by atoms with Crippen molar-refractivity contribution in [2.45, 2.75) is 38.8 Å². The molecule has 1 aromatic rings. The van der Waals surface area contributed by atoms with Crippen LogP contribution < -0.4 is 5.32 Å². The van der Waals surface area contributed by atoms with Crippen molar-refractivity contribution in [1.82, 2.24) is 4.90 Å². The Hall–Kier alpha value is -1.62. The number of nitrogens with zero attached hydrogens (tertiary/aromatic N) is 2. The van der Waals surface area contributed by atoms with Gasteiger partial charge in [-0.15, -0.1) is 0 Å². The maximum atomic E-state index is 11.1. The number of nitro benzene ring substituents is 1. The van der Waals surface area contributed by atoms with Gasteiger partial charge in [0.15, 0.2) is 0 Å². The molecular weight excluding hydrogens is 242 g/mol. The van der Waals surface area contributed by atoms with E-state index >= 15 is 0 Å². The number of nitro groups is 1. The van der Waals surface area contributed by atoms with Gasteiger partial charge in [0.25, 0.3) is 5.69 Å². The average Bonchev–Trinajstić information content (AvgIpc) is 3.21. The second kappa shape index (κ2) is 6.02. The van der Waals surface area contributed by atoms with Crippen molar-refractivity contribution in [3.05, 3.63) is 33.9 Å². The topological polar surface area (TPSA) is 58.4 Å². The van der Waals surface area contributed by atoms with Crippen LogP contribution in [0.25, 0.3) is 0 Å². The van der Waals surface area contributed by atoms with Crippen LogP contribution in [-0.2, 0) is 6.54 Å². The Morgan fingerprint density at radius 3 is 2.79 bits per heavy atom. The van der Waals surface area contributed by atoms with Gasteiger partial charge in [0.2, 0.25) is 0 Å². The van der Waals surface area contributed by atoms with Crippen molar-refractivity contribution in [2.75, 3.05) is 18.9 Å². The summed E-state index contributed by atoms with van der Waals surface area (Å²) in [6.07, 6.45) is 3.43. The van der Waals surface area contributed by atoms with E-state index in [2.05, 4.69) is 24.2 Å². The lowest BCUT2D eigenvalue weighted by molar-refractivity contribution is -0.384. The maximum Gasteiger partial charge on any atom is 0.292 e. The summed E-state index contributed by atoms with van der Waals surface area (Å²) < 4.78 is 0. The summed E-state index contributed by atoms with van der Waals surface area (Å²) in [6.45, 7) is 3.57. The Morgan fingerprint density at radius 1 is 1.47 bits per heavy atom. The molecule has 1 N–H and O–H groups in total. The van der Waals surface area contributed by atoms with Crippen LogP contribution >= 0.6 is 0 Å². The van der Waals surface area contributed by atoms with E-state index in [1.54, 1.807) is 12.1 Å². The first kappa shape index (κ1) is 13.8. The number of benzene rings is 1. The second-order valence-electron chi connectivity index (χ2n) is 5.14. The third kappa shape index (κ3) is 3.44. The monoisotopic (exact) mass is 263 g/mol. The summed E-state index contributed by atoms with van der Waals surface area (Å²) in [6, 6.07) is 5.96. The number of hydrogen-bond donors (Lipinski definition) is 1. The normalized spacial score (nSPS) is 14.7. The van der Waals surface area contributed by atoms with Crippen molar-refractivity contribution >= 4 is 11.4 Å². The van der Waals surface area contributed by atoms with Crippen LogP contribution in [0.2, 0.25) is 0 Å². The molecular formula is C14H21N3O2. The number of anilines is 1. The minimum atomic E-state index is -0.307. The van der Waals surface area contributed by atoms with Crippen LogP contribution in [-0.4, -0.2) is 29.5 Å². The molecule has 1 aliphatic carbocycles. The third-order valence-electron chi connectivity index (χ3n) is 3.47. The first-order chi connectivity index (χ1) is 9.13. The molecule has 5 heteroatoms. The predicted octanol–water partition coefficient (Wildman–Crippen LogP) is 3.01. The van der Waals surface area contributed by atoms with Crippen LogP contribution in [0.4, 0.5) is 11.4 Å². The summed E-state index contributed by atoms with van der Waals surface area (Å²) in [7, 11) is 2.08. The van der Waals surface area contributed by atoms with Gasteiger partial charge >= 0.3 is 0 Å². The van der Waals surface area contributed by atoms with Crippen molar-refractivity contribution in [1.29, 1.82) is 0 Å². The molecule has 0 saturated heterocycles. The number of nitrogens with one attached hydrogen (secondary N) is 1. The number of hydrogen-bond acceptors (Lipinski definition) is 4. The van der Waals surface area contributed by atoms with Crippen molar-refractivity contribution in [3.63, 3.8) is 0 Å². The summed E-state index contributed by atoms with van der Waals surface area (Å²) in [5.41, 5.74) is 1.87. The van der Waals surface area contributed by atoms with Gasteiger partial charge in [0, 0.05) is 25.2 Å². The fraction of sp³-hybridized carbons (Fsp3) is 0.571. The molecule has 1 saturated carbocycles. The quantitative estimate of drug-likeness (QED) is 0.607. The smallest absolute Gasteiger partial charge is 0.292 e. The largest absolute Gasteiger partial charge is 0.379 e. The van der Waals surface area contributed by atoms with Crippen LogP contribution in [0.3, 0.4) is 0 Å². The molecule has 0 spiro atoms. The van der Waals surface area contributed by atoms with Crippen LogP contribution in [0.1, 0.15) is 31.7 Å². The van der Waals surface area contributed by atoms with E-state index in [1.807, 2.05) is 6.07 Å². The highest BCUT2D eigenvalue weighted by Gasteiger charge is 2.27. The van der Waals surface area contributed by atoms with Gasteiger partial charge in [-0.2, -0.15) is 0 Å².